The van der Waals surface area contributed by atoms with Crippen molar-refractivity contribution >= 4 is 0 Å². The molecule has 2 aliphatic rings. The summed E-state index contributed by atoms with van der Waals surface area (Å²) in [4.78, 5) is 0. The quantitative estimate of drug-likeness (QED) is 0.442. The van der Waals surface area contributed by atoms with Crippen LogP contribution in [0.3, 0.4) is 0 Å². The Morgan fingerprint density at radius 3 is 1.96 bits per heavy atom. The van der Waals surface area contributed by atoms with Crippen molar-refractivity contribution in [1.82, 2.24) is 0 Å². The van der Waals surface area contributed by atoms with Crippen LogP contribution in [0.25, 0.3) is 0 Å². The number of rotatable bonds is 8. The standard InChI is InChI=1S/C26H42/c1-3-8-22-9-11-23(12-10-22)13-14-24-15-17-25(18-16-24)26(19-4-2)20-6-5-7-21-26/h9-12,24-25H,3-8,13-21H2,1-2H3. The molecule has 1 aromatic rings. The summed E-state index contributed by atoms with van der Waals surface area (Å²) in [6.45, 7) is 4.68. The van der Waals surface area contributed by atoms with Crippen LogP contribution in [-0.2, 0) is 12.8 Å². The maximum absolute atomic E-state index is 2.41. The fraction of sp³-hybridized carbons (Fsp3) is 0.769. The normalized spacial score (nSPS) is 25.9. The van der Waals surface area contributed by atoms with Crippen LogP contribution in [-0.4, -0.2) is 0 Å². The monoisotopic (exact) mass is 354 g/mol. The van der Waals surface area contributed by atoms with Crippen LogP contribution in [0.1, 0.15) is 108 Å². The van der Waals surface area contributed by atoms with Gasteiger partial charge in [-0.05, 0) is 79.7 Å². The van der Waals surface area contributed by atoms with Crippen LogP contribution in [0.4, 0.5) is 0 Å². The van der Waals surface area contributed by atoms with Gasteiger partial charge >= 0.3 is 0 Å². The van der Waals surface area contributed by atoms with Gasteiger partial charge in [0.2, 0.25) is 0 Å². The van der Waals surface area contributed by atoms with Crippen molar-refractivity contribution in [3.05, 3.63) is 35.4 Å². The SMILES string of the molecule is CCCc1ccc(CCC2CCC(C3(CCC)CCCCC3)CC2)cc1. The van der Waals surface area contributed by atoms with Crippen molar-refractivity contribution < 1.29 is 0 Å². The molecule has 0 heterocycles. The topological polar surface area (TPSA) is 0 Å². The molecule has 0 radical (unpaired) electrons. The smallest absolute Gasteiger partial charge is 0.0269 e. The zero-order valence-electron chi connectivity index (χ0n) is 17.6. The molecule has 0 unspecified atom stereocenters. The third kappa shape index (κ3) is 5.14. The molecule has 0 heteroatoms. The van der Waals surface area contributed by atoms with Gasteiger partial charge in [0.15, 0.2) is 0 Å². The molecular formula is C26H42. The molecule has 0 aliphatic heterocycles. The zero-order valence-corrected chi connectivity index (χ0v) is 17.6. The van der Waals surface area contributed by atoms with Crippen molar-refractivity contribution in [3.63, 3.8) is 0 Å². The second-order valence-corrected chi connectivity index (χ2v) is 9.50. The molecule has 3 rings (SSSR count). The summed E-state index contributed by atoms with van der Waals surface area (Å²) >= 11 is 0. The third-order valence-corrected chi connectivity index (χ3v) is 7.71. The van der Waals surface area contributed by atoms with E-state index in [1.807, 2.05) is 0 Å². The van der Waals surface area contributed by atoms with E-state index in [4.69, 9.17) is 0 Å². The van der Waals surface area contributed by atoms with Crippen molar-refractivity contribution in [2.24, 2.45) is 17.3 Å². The molecule has 146 valence electrons. The first-order valence-electron chi connectivity index (χ1n) is 11.8. The van der Waals surface area contributed by atoms with Gasteiger partial charge in [0.1, 0.15) is 0 Å². The number of aryl methyl sites for hydroxylation is 2. The molecule has 1 aromatic carbocycles. The summed E-state index contributed by atoms with van der Waals surface area (Å²) in [5.74, 6) is 2.04. The molecule has 0 N–H and O–H groups in total. The van der Waals surface area contributed by atoms with Crippen molar-refractivity contribution in [1.29, 1.82) is 0 Å². The van der Waals surface area contributed by atoms with Crippen LogP contribution in [0.2, 0.25) is 0 Å². The van der Waals surface area contributed by atoms with E-state index < -0.39 is 0 Å². The predicted molar refractivity (Wildman–Crippen MR) is 115 cm³/mol. The van der Waals surface area contributed by atoms with Crippen LogP contribution in [0.5, 0.6) is 0 Å². The second kappa shape index (κ2) is 9.95. The number of benzene rings is 1. The van der Waals surface area contributed by atoms with Gasteiger partial charge in [-0.3, -0.25) is 0 Å². The lowest BCUT2D eigenvalue weighted by Crippen LogP contribution is -2.35. The van der Waals surface area contributed by atoms with Gasteiger partial charge in [-0.2, -0.15) is 0 Å². The fourth-order valence-electron chi connectivity index (χ4n) is 6.21. The summed E-state index contributed by atoms with van der Waals surface area (Å²) in [7, 11) is 0. The molecule has 0 spiro atoms. The van der Waals surface area contributed by atoms with E-state index in [1.54, 1.807) is 18.4 Å². The first kappa shape index (κ1) is 20.0. The Balaban J connectivity index is 1.45. The van der Waals surface area contributed by atoms with Crippen LogP contribution < -0.4 is 0 Å². The molecule has 2 fully saturated rings. The van der Waals surface area contributed by atoms with Gasteiger partial charge in [0, 0.05) is 0 Å². The van der Waals surface area contributed by atoms with Crippen molar-refractivity contribution in [2.45, 2.75) is 110 Å². The predicted octanol–water partition coefficient (Wildman–Crippen LogP) is 8.13. The van der Waals surface area contributed by atoms with Crippen LogP contribution in [0, 0.1) is 17.3 Å². The lowest BCUT2D eigenvalue weighted by Gasteiger charge is -2.47. The molecule has 0 atom stereocenters. The van der Waals surface area contributed by atoms with E-state index in [0.717, 1.165) is 17.3 Å². The summed E-state index contributed by atoms with van der Waals surface area (Å²) in [5.41, 5.74) is 3.81. The Morgan fingerprint density at radius 1 is 0.769 bits per heavy atom. The highest BCUT2D eigenvalue weighted by molar-refractivity contribution is 5.22. The molecule has 0 amide bonds. The maximum atomic E-state index is 2.41. The molecular weight excluding hydrogens is 312 g/mol. The molecule has 0 saturated heterocycles. The highest BCUT2D eigenvalue weighted by Gasteiger charge is 2.40. The Bertz CT molecular complexity index is 492. The van der Waals surface area contributed by atoms with Gasteiger partial charge in [0.05, 0.1) is 0 Å². The summed E-state index contributed by atoms with van der Waals surface area (Å²) in [6.07, 6.45) is 21.8. The minimum Gasteiger partial charge on any atom is -0.0654 e. The van der Waals surface area contributed by atoms with E-state index in [9.17, 15) is 0 Å². The molecule has 0 bridgehead atoms. The lowest BCUT2D eigenvalue weighted by molar-refractivity contribution is 0.0445. The molecule has 0 nitrogen and oxygen atoms in total. The van der Waals surface area contributed by atoms with Crippen molar-refractivity contribution in [3.8, 4) is 0 Å². The van der Waals surface area contributed by atoms with Crippen LogP contribution >= 0.6 is 0 Å². The molecule has 0 aromatic heterocycles. The minimum atomic E-state index is 0.743. The average Bonchev–Trinajstić information content (AvgIpc) is 2.69. The van der Waals surface area contributed by atoms with Gasteiger partial charge in [0.25, 0.3) is 0 Å². The number of hydrogen-bond donors (Lipinski definition) is 0. The zero-order chi connectivity index (χ0) is 18.2. The Kier molecular flexibility index (Phi) is 7.64. The highest BCUT2D eigenvalue weighted by Crippen LogP contribution is 2.52. The Labute approximate surface area is 163 Å². The average molecular weight is 355 g/mol. The molecule has 2 saturated carbocycles. The van der Waals surface area contributed by atoms with E-state index in [2.05, 4.69) is 38.1 Å². The molecule has 2 aliphatic carbocycles. The van der Waals surface area contributed by atoms with Crippen molar-refractivity contribution in [2.75, 3.05) is 0 Å². The van der Waals surface area contributed by atoms with Gasteiger partial charge < -0.3 is 0 Å². The third-order valence-electron chi connectivity index (χ3n) is 7.71. The van der Waals surface area contributed by atoms with Gasteiger partial charge in [-0.15, -0.1) is 0 Å². The van der Waals surface area contributed by atoms with E-state index in [-0.39, 0.29) is 0 Å². The van der Waals surface area contributed by atoms with E-state index in [0.29, 0.717) is 0 Å². The van der Waals surface area contributed by atoms with Crippen LogP contribution in [0.15, 0.2) is 24.3 Å². The first-order chi connectivity index (χ1) is 12.8. The fourth-order valence-corrected chi connectivity index (χ4v) is 6.21. The largest absolute Gasteiger partial charge is 0.0654 e. The summed E-state index contributed by atoms with van der Waals surface area (Å²) in [5, 5.41) is 0. The first-order valence-corrected chi connectivity index (χ1v) is 11.8. The molecule has 26 heavy (non-hydrogen) atoms. The maximum Gasteiger partial charge on any atom is -0.0269 e. The minimum absolute atomic E-state index is 0.743. The number of hydrogen-bond acceptors (Lipinski definition) is 0. The Morgan fingerprint density at radius 2 is 1.38 bits per heavy atom. The highest BCUT2D eigenvalue weighted by atomic mass is 14.4. The Hall–Kier alpha value is -0.780. The lowest BCUT2D eigenvalue weighted by atomic mass is 9.59. The summed E-state index contributed by atoms with van der Waals surface area (Å²) < 4.78 is 0. The second-order valence-electron chi connectivity index (χ2n) is 9.50. The van der Waals surface area contributed by atoms with Gasteiger partial charge in [-0.25, -0.2) is 0 Å². The van der Waals surface area contributed by atoms with E-state index in [1.165, 1.54) is 89.0 Å². The van der Waals surface area contributed by atoms with Gasteiger partial charge in [-0.1, -0.05) is 83.1 Å². The summed E-state index contributed by atoms with van der Waals surface area (Å²) in [6, 6.07) is 9.48. The van der Waals surface area contributed by atoms with E-state index >= 15 is 0 Å².